The zero-order chi connectivity index (χ0) is 20.3. The Labute approximate surface area is 165 Å². The average molecular weight is 385 g/mol. The van der Waals surface area contributed by atoms with Gasteiger partial charge in [-0.1, -0.05) is 37.3 Å². The zero-order valence-corrected chi connectivity index (χ0v) is 16.8. The van der Waals surface area contributed by atoms with E-state index in [-0.39, 0.29) is 34.9 Å². The van der Waals surface area contributed by atoms with Gasteiger partial charge in [0.25, 0.3) is 5.91 Å². The van der Waals surface area contributed by atoms with E-state index in [1.165, 1.54) is 13.2 Å². The van der Waals surface area contributed by atoms with Crippen LogP contribution >= 0.6 is 0 Å². The summed E-state index contributed by atoms with van der Waals surface area (Å²) >= 11 is 0. The van der Waals surface area contributed by atoms with Gasteiger partial charge >= 0.3 is 0 Å². The summed E-state index contributed by atoms with van der Waals surface area (Å²) in [5.41, 5.74) is 0.996. The second kappa shape index (κ2) is 8.48. The van der Waals surface area contributed by atoms with E-state index in [4.69, 9.17) is 9.47 Å². The lowest BCUT2D eigenvalue weighted by Crippen LogP contribution is -2.56. The van der Waals surface area contributed by atoms with Gasteiger partial charge in [-0.2, -0.15) is 0 Å². The van der Waals surface area contributed by atoms with Crippen molar-refractivity contribution in [3.05, 3.63) is 64.1 Å². The van der Waals surface area contributed by atoms with Gasteiger partial charge in [0.05, 0.1) is 19.3 Å². The average Bonchev–Trinajstić information content (AvgIpc) is 2.71. The Hall–Kier alpha value is -2.80. The third kappa shape index (κ3) is 3.49. The van der Waals surface area contributed by atoms with Crippen molar-refractivity contribution in [2.45, 2.75) is 32.4 Å². The molecule has 0 saturated heterocycles. The highest BCUT2D eigenvalue weighted by atomic mass is 16.5. The summed E-state index contributed by atoms with van der Waals surface area (Å²) in [6, 6.07) is 11.4. The molecular weight excluding hydrogens is 358 g/mol. The van der Waals surface area contributed by atoms with Crippen LogP contribution < -0.4 is 15.2 Å². The number of hydrogen-bond acceptors (Lipinski definition) is 5. The Morgan fingerprint density at radius 3 is 2.43 bits per heavy atom. The minimum absolute atomic E-state index is 0.0559. The van der Waals surface area contributed by atoms with Crippen LogP contribution in [0.4, 0.5) is 0 Å². The van der Waals surface area contributed by atoms with Crippen LogP contribution in [0.25, 0.3) is 0 Å². The van der Waals surface area contributed by atoms with Crippen molar-refractivity contribution in [2.75, 3.05) is 32.4 Å². The van der Waals surface area contributed by atoms with Gasteiger partial charge in [0, 0.05) is 25.9 Å². The second-order valence-electron chi connectivity index (χ2n) is 6.75. The Morgan fingerprint density at radius 2 is 1.82 bits per heavy atom. The lowest BCUT2D eigenvalue weighted by molar-refractivity contribution is 0.0260. The first kappa shape index (κ1) is 19.9. The molecule has 0 bridgehead atoms. The van der Waals surface area contributed by atoms with E-state index < -0.39 is 0 Å². The van der Waals surface area contributed by atoms with E-state index in [0.717, 1.165) is 12.0 Å². The fraction of sp³-hybridized carbons (Fsp3) is 0.429. The fourth-order valence-electron chi connectivity index (χ4n) is 3.74. The molecule has 0 aliphatic carbocycles. The van der Waals surface area contributed by atoms with Crippen LogP contribution in [0.5, 0.6) is 5.75 Å². The first-order valence-corrected chi connectivity index (χ1v) is 9.52. The van der Waals surface area contributed by atoms with Crippen LogP contribution in [0.3, 0.4) is 0 Å². The Bertz CT molecular complexity index is 881. The molecular formula is C21H27N3O4. The number of carbonyl (C=O) groups is 1. The quantitative estimate of drug-likeness (QED) is 0.732. The van der Waals surface area contributed by atoms with Crippen LogP contribution in [0.15, 0.2) is 47.4 Å². The van der Waals surface area contributed by atoms with Crippen molar-refractivity contribution >= 4 is 5.91 Å². The van der Waals surface area contributed by atoms with Crippen LogP contribution in [0.1, 0.15) is 42.4 Å². The predicted molar refractivity (Wildman–Crippen MR) is 107 cm³/mol. The fourth-order valence-corrected chi connectivity index (χ4v) is 3.74. The molecule has 0 spiro atoms. The molecule has 2 atom stereocenters. The smallest absolute Gasteiger partial charge is 0.277 e. The number of carbonyl (C=O) groups excluding carboxylic acids is 1. The van der Waals surface area contributed by atoms with Crippen LogP contribution in [0, 0.1) is 0 Å². The van der Waals surface area contributed by atoms with Crippen molar-refractivity contribution in [2.24, 2.45) is 0 Å². The van der Waals surface area contributed by atoms with Crippen molar-refractivity contribution in [3.63, 3.8) is 0 Å². The number of benzene rings is 1. The largest absolute Gasteiger partial charge is 0.491 e. The van der Waals surface area contributed by atoms with Gasteiger partial charge < -0.3 is 14.4 Å². The molecule has 0 N–H and O–H groups in total. The number of pyridine rings is 1. The van der Waals surface area contributed by atoms with Gasteiger partial charge in [-0.3, -0.25) is 19.3 Å². The Balaban J connectivity index is 2.20. The molecule has 1 aromatic carbocycles. The summed E-state index contributed by atoms with van der Waals surface area (Å²) in [7, 11) is 3.13. The number of ether oxygens (including phenoxy) is 2. The van der Waals surface area contributed by atoms with Gasteiger partial charge in [0.1, 0.15) is 6.67 Å². The van der Waals surface area contributed by atoms with E-state index in [1.54, 1.807) is 22.8 Å². The summed E-state index contributed by atoms with van der Waals surface area (Å²) in [5, 5.41) is 2.05. The van der Waals surface area contributed by atoms with Gasteiger partial charge in [0.2, 0.25) is 5.43 Å². The third-order valence-electron chi connectivity index (χ3n) is 5.02. The van der Waals surface area contributed by atoms with E-state index in [9.17, 15) is 9.59 Å². The highest BCUT2D eigenvalue weighted by Crippen LogP contribution is 2.31. The maximum atomic E-state index is 12.8. The van der Waals surface area contributed by atoms with E-state index in [2.05, 4.69) is 24.1 Å². The van der Waals surface area contributed by atoms with E-state index in [1.807, 2.05) is 25.1 Å². The molecule has 0 radical (unpaired) electrons. The number of rotatable bonds is 7. The normalized spacial score (nSPS) is 15.9. The molecule has 2 unspecified atom stereocenters. The lowest BCUT2D eigenvalue weighted by Gasteiger charge is -2.45. The molecule has 3 rings (SSSR count). The van der Waals surface area contributed by atoms with Crippen molar-refractivity contribution < 1.29 is 14.3 Å². The molecule has 7 heteroatoms. The van der Waals surface area contributed by atoms with Gasteiger partial charge in [-0.25, -0.2) is 0 Å². The molecule has 1 aliphatic heterocycles. The first-order chi connectivity index (χ1) is 13.5. The number of hydrogen-bond donors (Lipinski definition) is 0. The Morgan fingerprint density at radius 1 is 1.11 bits per heavy atom. The standard InChI is InChI=1S/C21H27N3O4/c1-5-17(28-6-2)18(15-10-8-7-9-11-15)24-14-22(3)21(26)19-20(27-4)16(25)12-13-23(19)24/h7-13,17-18H,5-6,14H2,1-4H3. The number of aromatic nitrogens is 1. The molecule has 28 heavy (non-hydrogen) atoms. The minimum atomic E-state index is -0.314. The first-order valence-electron chi connectivity index (χ1n) is 9.52. The summed E-state index contributed by atoms with van der Waals surface area (Å²) in [4.78, 5) is 26.7. The molecule has 1 aliphatic rings. The minimum Gasteiger partial charge on any atom is -0.491 e. The summed E-state index contributed by atoms with van der Waals surface area (Å²) < 4.78 is 13.1. The number of nitrogens with zero attached hydrogens (tertiary/aromatic N) is 3. The van der Waals surface area contributed by atoms with Crippen LogP contribution in [-0.2, 0) is 4.74 Å². The molecule has 1 amide bonds. The zero-order valence-electron chi connectivity index (χ0n) is 16.8. The molecule has 1 aromatic heterocycles. The van der Waals surface area contributed by atoms with Crippen LogP contribution in [-0.4, -0.2) is 49.0 Å². The van der Waals surface area contributed by atoms with Crippen molar-refractivity contribution in [1.82, 2.24) is 9.58 Å². The Kier molecular flexibility index (Phi) is 6.04. The summed E-state index contributed by atoms with van der Waals surface area (Å²) in [6.45, 7) is 5.01. The monoisotopic (exact) mass is 385 g/mol. The summed E-state index contributed by atoms with van der Waals surface area (Å²) in [6.07, 6.45) is 2.35. The molecule has 7 nitrogen and oxygen atoms in total. The van der Waals surface area contributed by atoms with Gasteiger partial charge in [0.15, 0.2) is 11.4 Å². The second-order valence-corrected chi connectivity index (χ2v) is 6.75. The maximum Gasteiger partial charge on any atom is 0.277 e. The predicted octanol–water partition coefficient (Wildman–Crippen LogP) is 2.39. The van der Waals surface area contributed by atoms with Crippen molar-refractivity contribution in [1.29, 1.82) is 0 Å². The lowest BCUT2D eigenvalue weighted by atomic mass is 9.98. The SMILES string of the molecule is CCOC(CC)C(c1ccccc1)N1CN(C)C(=O)c2c(OC)c(=O)ccn21. The molecule has 2 aromatic rings. The highest BCUT2D eigenvalue weighted by molar-refractivity contribution is 5.96. The molecule has 0 saturated carbocycles. The summed E-state index contributed by atoms with van der Waals surface area (Å²) in [5.74, 6) is -0.192. The highest BCUT2D eigenvalue weighted by Gasteiger charge is 2.37. The van der Waals surface area contributed by atoms with Gasteiger partial charge in [-0.05, 0) is 18.9 Å². The topological polar surface area (TPSA) is 64.0 Å². The third-order valence-corrected chi connectivity index (χ3v) is 5.02. The number of methoxy groups -OCH3 is 1. The van der Waals surface area contributed by atoms with Crippen LogP contribution in [0.2, 0.25) is 0 Å². The molecule has 0 fully saturated rings. The van der Waals surface area contributed by atoms with Crippen molar-refractivity contribution in [3.8, 4) is 5.75 Å². The molecule has 2 heterocycles. The van der Waals surface area contributed by atoms with Gasteiger partial charge in [-0.15, -0.1) is 0 Å². The molecule has 150 valence electrons. The maximum absolute atomic E-state index is 12.8. The van der Waals surface area contributed by atoms with E-state index in [0.29, 0.717) is 13.3 Å². The number of amides is 1. The van der Waals surface area contributed by atoms with E-state index >= 15 is 0 Å². The number of fused-ring (bicyclic) bond motifs is 1.